The zero-order chi connectivity index (χ0) is 13.7. The Hall–Kier alpha value is -0.930. The molecule has 19 heavy (non-hydrogen) atoms. The van der Waals surface area contributed by atoms with E-state index in [-0.39, 0.29) is 5.82 Å². The molecule has 0 saturated carbocycles. The molecule has 0 aromatic heterocycles. The Balaban J connectivity index is 1.94. The number of hydrogen-bond donors (Lipinski definition) is 1. The van der Waals surface area contributed by atoms with E-state index in [2.05, 4.69) is 17.1 Å². The second kappa shape index (κ2) is 7.01. The summed E-state index contributed by atoms with van der Waals surface area (Å²) in [5.41, 5.74) is 2.29. The highest BCUT2D eigenvalue weighted by Gasteiger charge is 2.16. The monoisotopic (exact) mass is 264 g/mol. The van der Waals surface area contributed by atoms with Crippen molar-refractivity contribution in [1.29, 1.82) is 0 Å². The van der Waals surface area contributed by atoms with E-state index in [1.807, 2.05) is 13.0 Å². The highest BCUT2D eigenvalue weighted by molar-refractivity contribution is 5.26. The topological polar surface area (TPSA) is 15.3 Å². The number of nitrogens with zero attached hydrogens (tertiary/aromatic N) is 1. The minimum Gasteiger partial charge on any atom is -0.313 e. The van der Waals surface area contributed by atoms with Gasteiger partial charge in [0.25, 0.3) is 0 Å². The summed E-state index contributed by atoms with van der Waals surface area (Å²) in [7, 11) is 0. The van der Waals surface area contributed by atoms with E-state index in [1.165, 1.54) is 24.8 Å². The largest absolute Gasteiger partial charge is 0.313 e. The molecule has 2 rings (SSSR count). The van der Waals surface area contributed by atoms with Crippen LogP contribution in [-0.2, 0) is 6.54 Å². The summed E-state index contributed by atoms with van der Waals surface area (Å²) in [6, 6.07) is 5.73. The number of piperidine rings is 1. The minimum absolute atomic E-state index is 0.141. The van der Waals surface area contributed by atoms with Gasteiger partial charge < -0.3 is 5.32 Å². The summed E-state index contributed by atoms with van der Waals surface area (Å²) >= 11 is 0. The fourth-order valence-corrected chi connectivity index (χ4v) is 2.77. The highest BCUT2D eigenvalue weighted by Crippen LogP contribution is 2.14. The van der Waals surface area contributed by atoms with Crippen molar-refractivity contribution in [3.05, 3.63) is 35.1 Å². The Morgan fingerprint density at radius 2 is 2.21 bits per heavy atom. The maximum absolute atomic E-state index is 13.1. The zero-order valence-corrected chi connectivity index (χ0v) is 12.1. The second-order valence-electron chi connectivity index (χ2n) is 5.55. The van der Waals surface area contributed by atoms with Crippen LogP contribution in [0, 0.1) is 12.7 Å². The van der Waals surface area contributed by atoms with Gasteiger partial charge in [-0.05, 0) is 56.1 Å². The number of rotatable bonds is 5. The lowest BCUT2D eigenvalue weighted by Crippen LogP contribution is -2.43. The standard InChI is InChI=1S/C16H25FN2/c1-3-19(12-16-6-4-5-9-18-16)11-14-7-8-15(17)10-13(14)2/h7-8,10,16,18H,3-6,9,11-12H2,1-2H3. The van der Waals surface area contributed by atoms with Crippen LogP contribution in [0.25, 0.3) is 0 Å². The van der Waals surface area contributed by atoms with E-state index < -0.39 is 0 Å². The summed E-state index contributed by atoms with van der Waals surface area (Å²) in [5.74, 6) is -0.141. The van der Waals surface area contributed by atoms with Crippen molar-refractivity contribution in [1.82, 2.24) is 10.2 Å². The van der Waals surface area contributed by atoms with Crippen LogP contribution in [-0.4, -0.2) is 30.6 Å². The van der Waals surface area contributed by atoms with Crippen molar-refractivity contribution in [2.45, 2.75) is 45.7 Å². The molecular formula is C16H25FN2. The Morgan fingerprint density at radius 1 is 1.37 bits per heavy atom. The molecular weight excluding hydrogens is 239 g/mol. The lowest BCUT2D eigenvalue weighted by atomic mass is 10.0. The maximum Gasteiger partial charge on any atom is 0.123 e. The smallest absolute Gasteiger partial charge is 0.123 e. The van der Waals surface area contributed by atoms with Crippen LogP contribution in [0.2, 0.25) is 0 Å². The van der Waals surface area contributed by atoms with Crippen molar-refractivity contribution < 1.29 is 4.39 Å². The quantitative estimate of drug-likeness (QED) is 0.879. The number of benzene rings is 1. The minimum atomic E-state index is -0.141. The number of aryl methyl sites for hydroxylation is 1. The van der Waals surface area contributed by atoms with Gasteiger partial charge in [-0.3, -0.25) is 4.90 Å². The van der Waals surface area contributed by atoms with Crippen LogP contribution >= 0.6 is 0 Å². The first kappa shape index (κ1) is 14.5. The molecule has 0 amide bonds. The van der Waals surface area contributed by atoms with Crippen molar-refractivity contribution in [2.75, 3.05) is 19.6 Å². The Morgan fingerprint density at radius 3 is 2.84 bits per heavy atom. The molecule has 1 aliphatic rings. The number of halogens is 1. The van der Waals surface area contributed by atoms with Crippen LogP contribution in [0.4, 0.5) is 4.39 Å². The van der Waals surface area contributed by atoms with E-state index in [1.54, 1.807) is 12.1 Å². The van der Waals surface area contributed by atoms with Gasteiger partial charge >= 0.3 is 0 Å². The molecule has 1 heterocycles. The predicted octanol–water partition coefficient (Wildman–Crippen LogP) is 3.10. The van der Waals surface area contributed by atoms with Crippen LogP contribution in [0.3, 0.4) is 0 Å². The lowest BCUT2D eigenvalue weighted by molar-refractivity contribution is 0.226. The van der Waals surface area contributed by atoms with Gasteiger partial charge in [-0.25, -0.2) is 4.39 Å². The van der Waals surface area contributed by atoms with Crippen molar-refractivity contribution >= 4 is 0 Å². The molecule has 0 aliphatic carbocycles. The zero-order valence-electron chi connectivity index (χ0n) is 12.1. The van der Waals surface area contributed by atoms with Crippen molar-refractivity contribution in [3.63, 3.8) is 0 Å². The third kappa shape index (κ3) is 4.29. The normalized spacial score (nSPS) is 19.9. The molecule has 1 aromatic rings. The van der Waals surface area contributed by atoms with Crippen LogP contribution in [0.1, 0.15) is 37.3 Å². The summed E-state index contributed by atoms with van der Waals surface area (Å²) in [6.07, 6.45) is 3.92. The summed E-state index contributed by atoms with van der Waals surface area (Å²) in [5, 5.41) is 3.59. The molecule has 1 atom stereocenters. The lowest BCUT2D eigenvalue weighted by Gasteiger charge is -2.30. The Labute approximate surface area is 116 Å². The molecule has 106 valence electrons. The van der Waals surface area contributed by atoms with Gasteiger partial charge in [-0.1, -0.05) is 19.4 Å². The molecule has 1 unspecified atom stereocenters. The predicted molar refractivity (Wildman–Crippen MR) is 77.7 cm³/mol. The van der Waals surface area contributed by atoms with Gasteiger partial charge in [0.1, 0.15) is 5.82 Å². The second-order valence-corrected chi connectivity index (χ2v) is 5.55. The maximum atomic E-state index is 13.1. The molecule has 1 fully saturated rings. The molecule has 0 spiro atoms. The highest BCUT2D eigenvalue weighted by atomic mass is 19.1. The third-order valence-corrected chi connectivity index (χ3v) is 4.04. The van der Waals surface area contributed by atoms with Gasteiger partial charge in [-0.15, -0.1) is 0 Å². The molecule has 1 N–H and O–H groups in total. The molecule has 3 heteroatoms. The van der Waals surface area contributed by atoms with Gasteiger partial charge in [0, 0.05) is 19.1 Å². The summed E-state index contributed by atoms with van der Waals surface area (Å²) in [4.78, 5) is 2.45. The molecule has 0 bridgehead atoms. The fourth-order valence-electron chi connectivity index (χ4n) is 2.77. The number of hydrogen-bond acceptors (Lipinski definition) is 2. The van der Waals surface area contributed by atoms with E-state index in [4.69, 9.17) is 0 Å². The fraction of sp³-hybridized carbons (Fsp3) is 0.625. The van der Waals surface area contributed by atoms with Gasteiger partial charge in [0.15, 0.2) is 0 Å². The van der Waals surface area contributed by atoms with Gasteiger partial charge in [0.05, 0.1) is 0 Å². The third-order valence-electron chi connectivity index (χ3n) is 4.04. The van der Waals surface area contributed by atoms with Crippen LogP contribution < -0.4 is 5.32 Å². The number of likely N-dealkylation sites (N-methyl/N-ethyl adjacent to an activating group) is 1. The first-order valence-electron chi connectivity index (χ1n) is 7.40. The van der Waals surface area contributed by atoms with Crippen molar-refractivity contribution in [3.8, 4) is 0 Å². The average molecular weight is 264 g/mol. The Bertz CT molecular complexity index is 400. The molecule has 1 aromatic carbocycles. The molecule has 1 saturated heterocycles. The average Bonchev–Trinajstić information content (AvgIpc) is 2.42. The van der Waals surface area contributed by atoms with Crippen LogP contribution in [0.15, 0.2) is 18.2 Å². The summed E-state index contributed by atoms with van der Waals surface area (Å²) < 4.78 is 13.1. The van der Waals surface area contributed by atoms with E-state index in [0.717, 1.165) is 31.7 Å². The van der Waals surface area contributed by atoms with E-state index in [0.29, 0.717) is 6.04 Å². The van der Waals surface area contributed by atoms with Crippen molar-refractivity contribution in [2.24, 2.45) is 0 Å². The van der Waals surface area contributed by atoms with Gasteiger partial charge in [0.2, 0.25) is 0 Å². The first-order chi connectivity index (χ1) is 9.19. The molecule has 1 aliphatic heterocycles. The Kier molecular flexibility index (Phi) is 5.34. The van der Waals surface area contributed by atoms with E-state index in [9.17, 15) is 4.39 Å². The van der Waals surface area contributed by atoms with Crippen LogP contribution in [0.5, 0.6) is 0 Å². The SMILES string of the molecule is CCN(Cc1ccc(F)cc1C)CC1CCCCN1. The molecule has 2 nitrogen and oxygen atoms in total. The first-order valence-corrected chi connectivity index (χ1v) is 7.40. The summed E-state index contributed by atoms with van der Waals surface area (Å²) in [6.45, 7) is 8.38. The molecule has 0 radical (unpaired) electrons. The van der Waals surface area contributed by atoms with Gasteiger partial charge in [-0.2, -0.15) is 0 Å². The van der Waals surface area contributed by atoms with E-state index >= 15 is 0 Å². The number of nitrogens with one attached hydrogen (secondary N) is 1.